The number of nitriles is 2. The second kappa shape index (κ2) is 9.81. The molecule has 0 amide bonds. The Morgan fingerprint density at radius 1 is 1.03 bits per heavy atom. The SMILES string of the molecule is N#CCCN(CCC#N)c1ncnc(N2CCN(c3cccc(Cl)c3)CC2)c1N. The quantitative estimate of drug-likeness (QED) is 0.741. The lowest BCUT2D eigenvalue weighted by molar-refractivity contribution is 0.647. The Morgan fingerprint density at radius 2 is 1.69 bits per heavy atom. The predicted octanol–water partition coefficient (Wildman–Crippen LogP) is 2.67. The van der Waals surface area contributed by atoms with Crippen LogP contribution in [0.1, 0.15) is 12.8 Å². The van der Waals surface area contributed by atoms with Gasteiger partial charge in [-0.05, 0) is 18.2 Å². The summed E-state index contributed by atoms with van der Waals surface area (Å²) >= 11 is 6.11. The predicted molar refractivity (Wildman–Crippen MR) is 115 cm³/mol. The third kappa shape index (κ3) is 4.98. The second-order valence-electron chi connectivity index (χ2n) is 6.69. The van der Waals surface area contributed by atoms with E-state index in [2.05, 4.69) is 38.0 Å². The summed E-state index contributed by atoms with van der Waals surface area (Å²) in [7, 11) is 0. The molecular formula is C20H23ClN8. The molecule has 0 bridgehead atoms. The van der Waals surface area contributed by atoms with E-state index < -0.39 is 0 Å². The zero-order chi connectivity index (χ0) is 20.6. The van der Waals surface area contributed by atoms with Gasteiger partial charge in [0.1, 0.15) is 12.0 Å². The summed E-state index contributed by atoms with van der Waals surface area (Å²) in [6.45, 7) is 4.13. The average molecular weight is 411 g/mol. The number of hydrogen-bond donors (Lipinski definition) is 1. The van der Waals surface area contributed by atoms with Crippen molar-refractivity contribution in [3.63, 3.8) is 0 Å². The molecule has 1 aromatic heterocycles. The largest absolute Gasteiger partial charge is 0.393 e. The first-order valence-electron chi connectivity index (χ1n) is 9.49. The fourth-order valence-electron chi connectivity index (χ4n) is 3.42. The third-order valence-corrected chi connectivity index (χ3v) is 5.12. The number of piperazine rings is 1. The standard InChI is InChI=1S/C20H23ClN8/c21-16-4-1-5-17(14-16)27-10-12-29(13-11-27)20-18(24)19(25-15-26-20)28(8-2-6-22)9-3-7-23/h1,4-5,14-15H,2-3,8-13,24H2. The molecule has 0 atom stereocenters. The highest BCUT2D eigenvalue weighted by molar-refractivity contribution is 6.30. The maximum atomic E-state index is 8.92. The zero-order valence-electron chi connectivity index (χ0n) is 16.1. The first-order chi connectivity index (χ1) is 14.1. The molecule has 3 rings (SSSR count). The smallest absolute Gasteiger partial charge is 0.157 e. The van der Waals surface area contributed by atoms with Gasteiger partial charge in [0.05, 0.1) is 25.0 Å². The number of benzene rings is 1. The number of rotatable bonds is 7. The number of hydrogen-bond acceptors (Lipinski definition) is 8. The van der Waals surface area contributed by atoms with Crippen LogP contribution < -0.4 is 20.4 Å². The van der Waals surface area contributed by atoms with Crippen molar-refractivity contribution in [2.75, 3.05) is 59.7 Å². The van der Waals surface area contributed by atoms with Gasteiger partial charge >= 0.3 is 0 Å². The van der Waals surface area contributed by atoms with Crippen molar-refractivity contribution in [2.45, 2.75) is 12.8 Å². The topological polar surface area (TPSA) is 109 Å². The Hall–Kier alpha value is -3.23. The van der Waals surface area contributed by atoms with Crippen molar-refractivity contribution in [1.82, 2.24) is 9.97 Å². The maximum absolute atomic E-state index is 8.92. The molecule has 1 saturated heterocycles. The van der Waals surface area contributed by atoms with Crippen molar-refractivity contribution in [1.29, 1.82) is 10.5 Å². The van der Waals surface area contributed by atoms with Crippen molar-refractivity contribution in [3.8, 4) is 12.1 Å². The van der Waals surface area contributed by atoms with E-state index in [9.17, 15) is 0 Å². The Morgan fingerprint density at radius 3 is 2.31 bits per heavy atom. The van der Waals surface area contributed by atoms with Crippen LogP contribution in [0, 0.1) is 22.7 Å². The van der Waals surface area contributed by atoms with Gasteiger partial charge in [0.25, 0.3) is 0 Å². The third-order valence-electron chi connectivity index (χ3n) is 4.88. The van der Waals surface area contributed by atoms with Crippen LogP contribution in [0.5, 0.6) is 0 Å². The van der Waals surface area contributed by atoms with Crippen molar-refractivity contribution in [2.24, 2.45) is 0 Å². The first-order valence-corrected chi connectivity index (χ1v) is 9.86. The minimum atomic E-state index is 0.336. The number of aromatic nitrogens is 2. The lowest BCUT2D eigenvalue weighted by Gasteiger charge is -2.37. The van der Waals surface area contributed by atoms with Crippen LogP contribution >= 0.6 is 11.6 Å². The monoisotopic (exact) mass is 410 g/mol. The highest BCUT2D eigenvalue weighted by Crippen LogP contribution is 2.30. The van der Waals surface area contributed by atoms with Gasteiger partial charge in [-0.15, -0.1) is 0 Å². The molecule has 1 aliphatic heterocycles. The highest BCUT2D eigenvalue weighted by Gasteiger charge is 2.23. The van der Waals surface area contributed by atoms with Gasteiger partial charge in [0, 0.05) is 50.0 Å². The summed E-state index contributed by atoms with van der Waals surface area (Å²) in [5.74, 6) is 1.28. The minimum Gasteiger partial charge on any atom is -0.393 e. The van der Waals surface area contributed by atoms with Gasteiger partial charge < -0.3 is 20.4 Å². The molecule has 0 saturated carbocycles. The van der Waals surface area contributed by atoms with Crippen LogP contribution in [-0.2, 0) is 0 Å². The van der Waals surface area contributed by atoms with Gasteiger partial charge in [-0.25, -0.2) is 9.97 Å². The van der Waals surface area contributed by atoms with Crippen LogP contribution in [-0.4, -0.2) is 49.2 Å². The molecule has 1 aliphatic rings. The Labute approximate surface area is 175 Å². The summed E-state index contributed by atoms with van der Waals surface area (Å²) in [6.07, 6.45) is 2.17. The second-order valence-corrected chi connectivity index (χ2v) is 7.13. The molecule has 29 heavy (non-hydrogen) atoms. The normalized spacial score (nSPS) is 13.6. The summed E-state index contributed by atoms with van der Waals surface area (Å²) in [4.78, 5) is 15.1. The molecule has 1 aromatic carbocycles. The fourth-order valence-corrected chi connectivity index (χ4v) is 3.61. The Bertz CT molecular complexity index is 893. The number of nitrogen functional groups attached to an aromatic ring is 1. The van der Waals surface area contributed by atoms with E-state index in [-0.39, 0.29) is 0 Å². The van der Waals surface area contributed by atoms with E-state index in [0.29, 0.717) is 43.3 Å². The van der Waals surface area contributed by atoms with Crippen LogP contribution in [0.4, 0.5) is 23.0 Å². The molecule has 8 nitrogen and oxygen atoms in total. The number of nitrogens with zero attached hydrogens (tertiary/aromatic N) is 7. The van der Waals surface area contributed by atoms with E-state index in [0.717, 1.165) is 36.9 Å². The molecule has 2 N–H and O–H groups in total. The molecule has 9 heteroatoms. The zero-order valence-corrected chi connectivity index (χ0v) is 16.9. The van der Waals surface area contributed by atoms with Gasteiger partial charge in [-0.1, -0.05) is 17.7 Å². The highest BCUT2D eigenvalue weighted by atomic mass is 35.5. The molecule has 0 spiro atoms. The van der Waals surface area contributed by atoms with E-state index in [1.54, 1.807) is 0 Å². The number of anilines is 4. The van der Waals surface area contributed by atoms with Gasteiger partial charge in [-0.2, -0.15) is 10.5 Å². The summed E-state index contributed by atoms with van der Waals surface area (Å²) < 4.78 is 0. The lowest BCUT2D eigenvalue weighted by Crippen LogP contribution is -2.47. The van der Waals surface area contributed by atoms with E-state index in [1.807, 2.05) is 23.1 Å². The van der Waals surface area contributed by atoms with Gasteiger partial charge in [0.2, 0.25) is 0 Å². The first kappa shape index (κ1) is 20.5. The van der Waals surface area contributed by atoms with Crippen LogP contribution in [0.3, 0.4) is 0 Å². The van der Waals surface area contributed by atoms with Gasteiger partial charge in [-0.3, -0.25) is 0 Å². The molecule has 1 fully saturated rings. The maximum Gasteiger partial charge on any atom is 0.157 e. The molecule has 2 aromatic rings. The van der Waals surface area contributed by atoms with E-state index in [4.69, 9.17) is 27.9 Å². The van der Waals surface area contributed by atoms with Crippen LogP contribution in [0.25, 0.3) is 0 Å². The summed E-state index contributed by atoms with van der Waals surface area (Å²) in [6, 6.07) is 12.1. The number of halogens is 1. The minimum absolute atomic E-state index is 0.336. The Balaban J connectivity index is 1.74. The Kier molecular flexibility index (Phi) is 6.94. The molecule has 0 aliphatic carbocycles. The number of nitrogens with two attached hydrogens (primary N) is 1. The molecule has 0 unspecified atom stereocenters. The lowest BCUT2D eigenvalue weighted by atomic mass is 10.2. The summed E-state index contributed by atoms with van der Waals surface area (Å²) in [5.41, 5.74) is 8.01. The van der Waals surface area contributed by atoms with Crippen LogP contribution in [0.2, 0.25) is 5.02 Å². The van der Waals surface area contributed by atoms with Crippen molar-refractivity contribution < 1.29 is 0 Å². The summed E-state index contributed by atoms with van der Waals surface area (Å²) in [5, 5.41) is 18.6. The van der Waals surface area contributed by atoms with E-state index in [1.165, 1.54) is 6.33 Å². The molecule has 0 radical (unpaired) electrons. The molecule has 2 heterocycles. The average Bonchev–Trinajstić information content (AvgIpc) is 2.75. The molecule has 150 valence electrons. The fraction of sp³-hybridized carbons (Fsp3) is 0.400. The molecular weight excluding hydrogens is 388 g/mol. The van der Waals surface area contributed by atoms with Crippen LogP contribution in [0.15, 0.2) is 30.6 Å². The van der Waals surface area contributed by atoms with Crippen molar-refractivity contribution >= 4 is 34.6 Å². The van der Waals surface area contributed by atoms with E-state index >= 15 is 0 Å². The van der Waals surface area contributed by atoms with Gasteiger partial charge in [0.15, 0.2) is 11.6 Å². The van der Waals surface area contributed by atoms with Crippen molar-refractivity contribution in [3.05, 3.63) is 35.6 Å².